The van der Waals surface area contributed by atoms with Gasteiger partial charge in [-0.05, 0) is 68.1 Å². The summed E-state index contributed by atoms with van der Waals surface area (Å²) in [6.45, 7) is 0. The molecule has 0 radical (unpaired) electrons. The highest BCUT2D eigenvalue weighted by Gasteiger charge is 2.17. The highest BCUT2D eigenvalue weighted by molar-refractivity contribution is 9.11. The first-order valence-electron chi connectivity index (χ1n) is 5.72. The Morgan fingerprint density at radius 2 is 1.95 bits per heavy atom. The first-order valence-corrected chi connectivity index (χ1v) is 8.10. The van der Waals surface area contributed by atoms with Crippen molar-refractivity contribution in [1.82, 2.24) is 10.4 Å². The summed E-state index contributed by atoms with van der Waals surface area (Å²) in [5.41, 5.74) is 3.98. The number of pyridine rings is 1. The largest absolute Gasteiger partial charge is 0.271 e. The SMILES string of the molecule is NNC(Cc1cc(Br)ccc1F)c1ncc(Br)cc1Br. The van der Waals surface area contributed by atoms with E-state index in [-0.39, 0.29) is 11.9 Å². The number of nitrogens with one attached hydrogen (secondary N) is 1. The molecule has 106 valence electrons. The van der Waals surface area contributed by atoms with Crippen molar-refractivity contribution in [2.24, 2.45) is 5.84 Å². The van der Waals surface area contributed by atoms with E-state index in [4.69, 9.17) is 5.84 Å². The quantitative estimate of drug-likeness (QED) is 0.522. The van der Waals surface area contributed by atoms with Gasteiger partial charge >= 0.3 is 0 Å². The maximum absolute atomic E-state index is 13.8. The second-order valence-electron chi connectivity index (χ2n) is 4.18. The number of rotatable bonds is 4. The lowest BCUT2D eigenvalue weighted by atomic mass is 10.0. The summed E-state index contributed by atoms with van der Waals surface area (Å²) < 4.78 is 16.3. The highest BCUT2D eigenvalue weighted by Crippen LogP contribution is 2.27. The van der Waals surface area contributed by atoms with Crippen LogP contribution in [-0.4, -0.2) is 4.98 Å². The van der Waals surface area contributed by atoms with Gasteiger partial charge in [0.2, 0.25) is 0 Å². The van der Waals surface area contributed by atoms with Gasteiger partial charge in [0, 0.05) is 19.6 Å². The Morgan fingerprint density at radius 1 is 1.20 bits per heavy atom. The van der Waals surface area contributed by atoms with E-state index in [9.17, 15) is 4.39 Å². The minimum Gasteiger partial charge on any atom is -0.271 e. The monoisotopic (exact) mass is 465 g/mol. The molecule has 3 N–H and O–H groups in total. The van der Waals surface area contributed by atoms with E-state index in [1.807, 2.05) is 6.07 Å². The first kappa shape index (κ1) is 16.0. The zero-order chi connectivity index (χ0) is 14.7. The minimum absolute atomic E-state index is 0.262. The molecular weight excluding hydrogens is 457 g/mol. The van der Waals surface area contributed by atoms with Crippen LogP contribution in [0.1, 0.15) is 17.3 Å². The van der Waals surface area contributed by atoms with Crippen molar-refractivity contribution in [2.45, 2.75) is 12.5 Å². The van der Waals surface area contributed by atoms with E-state index in [2.05, 4.69) is 58.2 Å². The van der Waals surface area contributed by atoms with Crippen LogP contribution in [0.5, 0.6) is 0 Å². The van der Waals surface area contributed by atoms with E-state index >= 15 is 0 Å². The van der Waals surface area contributed by atoms with E-state index in [0.717, 1.165) is 19.1 Å². The third-order valence-corrected chi connectivity index (χ3v) is 4.36. The molecular formula is C13H11Br3FN3. The van der Waals surface area contributed by atoms with Gasteiger partial charge < -0.3 is 0 Å². The van der Waals surface area contributed by atoms with Crippen molar-refractivity contribution in [2.75, 3.05) is 0 Å². The number of nitrogens with zero attached hydrogens (tertiary/aromatic N) is 1. The van der Waals surface area contributed by atoms with Crippen molar-refractivity contribution in [3.8, 4) is 0 Å². The predicted molar refractivity (Wildman–Crippen MR) is 87.5 cm³/mol. The number of hydrazine groups is 1. The number of halogens is 4. The van der Waals surface area contributed by atoms with Crippen LogP contribution >= 0.6 is 47.8 Å². The topological polar surface area (TPSA) is 50.9 Å². The van der Waals surface area contributed by atoms with E-state index < -0.39 is 0 Å². The van der Waals surface area contributed by atoms with Crippen LogP contribution in [0.15, 0.2) is 43.9 Å². The Bertz CT molecular complexity index is 622. The van der Waals surface area contributed by atoms with Crippen LogP contribution in [0.25, 0.3) is 0 Å². The van der Waals surface area contributed by atoms with Crippen molar-refractivity contribution in [3.63, 3.8) is 0 Å². The Hall–Kier alpha value is -0.340. The highest BCUT2D eigenvalue weighted by atomic mass is 79.9. The molecule has 0 amide bonds. The molecule has 7 heteroatoms. The molecule has 0 aliphatic heterocycles. The van der Waals surface area contributed by atoms with Gasteiger partial charge in [-0.2, -0.15) is 0 Å². The zero-order valence-electron chi connectivity index (χ0n) is 10.2. The summed E-state index contributed by atoms with van der Waals surface area (Å²) in [5, 5.41) is 0. The third-order valence-electron chi connectivity index (χ3n) is 2.80. The summed E-state index contributed by atoms with van der Waals surface area (Å²) in [6.07, 6.45) is 2.08. The fraction of sp³-hybridized carbons (Fsp3) is 0.154. The Labute approximate surface area is 141 Å². The summed E-state index contributed by atoms with van der Waals surface area (Å²) in [4.78, 5) is 4.33. The lowest BCUT2D eigenvalue weighted by Crippen LogP contribution is -2.30. The molecule has 0 saturated carbocycles. The summed E-state index contributed by atoms with van der Waals surface area (Å²) >= 11 is 10.1. The molecule has 0 saturated heterocycles. The molecule has 1 aromatic heterocycles. The number of hydrogen-bond acceptors (Lipinski definition) is 3. The van der Waals surface area contributed by atoms with Gasteiger partial charge in [-0.1, -0.05) is 15.9 Å². The van der Waals surface area contributed by atoms with Gasteiger partial charge in [-0.25, -0.2) is 4.39 Å². The maximum Gasteiger partial charge on any atom is 0.126 e. The fourth-order valence-electron chi connectivity index (χ4n) is 1.84. The Kier molecular flexibility index (Phi) is 5.68. The molecule has 0 fully saturated rings. The van der Waals surface area contributed by atoms with Crippen molar-refractivity contribution in [1.29, 1.82) is 0 Å². The molecule has 1 unspecified atom stereocenters. The summed E-state index contributed by atoms with van der Waals surface area (Å²) in [5.74, 6) is 5.33. The Morgan fingerprint density at radius 3 is 2.60 bits per heavy atom. The van der Waals surface area contributed by atoms with Crippen LogP contribution in [0.3, 0.4) is 0 Å². The van der Waals surface area contributed by atoms with Crippen molar-refractivity contribution < 1.29 is 4.39 Å². The van der Waals surface area contributed by atoms with Crippen LogP contribution in [0, 0.1) is 5.82 Å². The van der Waals surface area contributed by atoms with E-state index in [1.54, 1.807) is 18.3 Å². The third kappa shape index (κ3) is 3.85. The normalized spacial score (nSPS) is 12.4. The predicted octanol–water partition coefficient (Wildman–Crippen LogP) is 4.26. The van der Waals surface area contributed by atoms with Crippen molar-refractivity contribution >= 4 is 47.8 Å². The smallest absolute Gasteiger partial charge is 0.126 e. The summed E-state index contributed by atoms with van der Waals surface area (Å²) in [7, 11) is 0. The van der Waals surface area contributed by atoms with Crippen LogP contribution in [-0.2, 0) is 6.42 Å². The molecule has 0 spiro atoms. The van der Waals surface area contributed by atoms with Crippen molar-refractivity contribution in [3.05, 3.63) is 61.0 Å². The number of nitrogens with two attached hydrogens (primary N) is 1. The first-order chi connectivity index (χ1) is 9.51. The molecule has 0 aliphatic rings. The lowest BCUT2D eigenvalue weighted by molar-refractivity contribution is 0.516. The van der Waals surface area contributed by atoms with Crippen LogP contribution < -0.4 is 11.3 Å². The lowest BCUT2D eigenvalue weighted by Gasteiger charge is -2.17. The molecule has 0 bridgehead atoms. The van der Waals surface area contributed by atoms with Crippen LogP contribution in [0.2, 0.25) is 0 Å². The van der Waals surface area contributed by atoms with Gasteiger partial charge in [-0.3, -0.25) is 16.3 Å². The molecule has 1 heterocycles. The van der Waals surface area contributed by atoms with Crippen LogP contribution in [0.4, 0.5) is 4.39 Å². The molecule has 2 rings (SSSR count). The minimum atomic E-state index is -0.290. The van der Waals surface area contributed by atoms with Gasteiger partial charge in [0.15, 0.2) is 0 Å². The molecule has 2 aromatic rings. The average molecular weight is 468 g/mol. The molecule has 20 heavy (non-hydrogen) atoms. The molecule has 0 aliphatic carbocycles. The van der Waals surface area contributed by atoms with Gasteiger partial charge in [0.25, 0.3) is 0 Å². The number of benzene rings is 1. The molecule has 1 aromatic carbocycles. The van der Waals surface area contributed by atoms with Gasteiger partial charge in [-0.15, -0.1) is 0 Å². The number of hydrogen-bond donors (Lipinski definition) is 2. The average Bonchev–Trinajstić information content (AvgIpc) is 2.40. The van der Waals surface area contributed by atoms with E-state index in [1.165, 1.54) is 6.07 Å². The second kappa shape index (κ2) is 7.09. The van der Waals surface area contributed by atoms with Gasteiger partial charge in [0.05, 0.1) is 11.7 Å². The molecule has 1 atom stereocenters. The maximum atomic E-state index is 13.8. The summed E-state index contributed by atoms with van der Waals surface area (Å²) in [6, 6.07) is 6.42. The standard InChI is InChI=1S/C13H11Br3FN3/c14-8-1-2-11(17)7(3-8)4-12(20-18)13-10(16)5-9(15)6-19-13/h1-3,5-6,12,20H,4,18H2. The molecule has 3 nitrogen and oxygen atoms in total. The van der Waals surface area contributed by atoms with Gasteiger partial charge in [0.1, 0.15) is 5.82 Å². The Balaban J connectivity index is 2.31. The fourth-order valence-corrected chi connectivity index (χ4v) is 3.51. The second-order valence-corrected chi connectivity index (χ2v) is 6.87. The van der Waals surface area contributed by atoms with E-state index in [0.29, 0.717) is 12.0 Å². The zero-order valence-corrected chi connectivity index (χ0v) is 15.0. The number of aromatic nitrogens is 1.